The number of methoxy groups -OCH3 is 1. The van der Waals surface area contributed by atoms with E-state index in [0.29, 0.717) is 40.3 Å². The van der Waals surface area contributed by atoms with Gasteiger partial charge in [0.15, 0.2) is 0 Å². The molecule has 0 saturated heterocycles. The third kappa shape index (κ3) is 5.09. The number of carboxylic acid groups (broad SMARTS) is 1. The molecule has 0 aliphatic heterocycles. The van der Waals surface area contributed by atoms with Crippen molar-refractivity contribution in [3.05, 3.63) is 53.5 Å². The fraction of sp³-hybridized carbons (Fsp3) is 0.200. The summed E-state index contributed by atoms with van der Waals surface area (Å²) in [5.41, 5.74) is 3.13. The first-order chi connectivity index (χ1) is 14.4. The largest absolute Gasteiger partial charge is 0.481 e. The topological polar surface area (TPSA) is 123 Å². The van der Waals surface area contributed by atoms with Gasteiger partial charge < -0.3 is 14.4 Å². The highest BCUT2D eigenvalue weighted by atomic mass is 32.2. The van der Waals surface area contributed by atoms with Crippen molar-refractivity contribution in [3.63, 3.8) is 0 Å². The van der Waals surface area contributed by atoms with E-state index < -0.39 is 6.09 Å². The average molecular weight is 425 g/mol. The van der Waals surface area contributed by atoms with Gasteiger partial charge in [-0.1, -0.05) is 5.16 Å². The van der Waals surface area contributed by atoms with E-state index >= 15 is 0 Å². The molecule has 0 atom stereocenters. The molecule has 0 aliphatic carbocycles. The highest BCUT2D eigenvalue weighted by Gasteiger charge is 2.16. The first-order valence-corrected chi connectivity index (χ1v) is 10.0. The molecule has 30 heavy (non-hydrogen) atoms. The molecule has 0 unspecified atom stereocenters. The number of ether oxygens (including phenoxy) is 1. The average Bonchev–Trinajstić information content (AvgIpc) is 3.16. The number of aryl methyl sites for hydroxylation is 2. The van der Waals surface area contributed by atoms with E-state index in [9.17, 15) is 9.90 Å². The van der Waals surface area contributed by atoms with Crippen LogP contribution in [0.4, 0.5) is 10.5 Å². The van der Waals surface area contributed by atoms with Crippen LogP contribution in [0.25, 0.3) is 11.4 Å². The van der Waals surface area contributed by atoms with Gasteiger partial charge in [-0.2, -0.15) is 9.98 Å². The molecule has 0 aliphatic rings. The molecule has 2 aromatic heterocycles. The Labute approximate surface area is 176 Å². The second kappa shape index (κ2) is 9.31. The molecule has 10 heteroatoms. The van der Waals surface area contributed by atoms with E-state index in [1.165, 1.54) is 18.9 Å². The van der Waals surface area contributed by atoms with Gasteiger partial charge in [0.1, 0.15) is 10.8 Å². The van der Waals surface area contributed by atoms with Gasteiger partial charge in [0.05, 0.1) is 12.8 Å². The van der Waals surface area contributed by atoms with Gasteiger partial charge in [0.2, 0.25) is 17.6 Å². The summed E-state index contributed by atoms with van der Waals surface area (Å²) in [6.07, 6.45) is 0.442. The van der Waals surface area contributed by atoms with Crippen LogP contribution in [0.1, 0.15) is 17.1 Å². The van der Waals surface area contributed by atoms with E-state index in [4.69, 9.17) is 9.26 Å². The number of aromatic nitrogens is 3. The van der Waals surface area contributed by atoms with Crippen molar-refractivity contribution < 1.29 is 19.2 Å². The predicted molar refractivity (Wildman–Crippen MR) is 115 cm³/mol. The Bertz CT molecular complexity index is 1120. The van der Waals surface area contributed by atoms with Gasteiger partial charge in [-0.15, -0.1) is 11.8 Å². The molecule has 0 spiro atoms. The second-order valence-corrected chi connectivity index (χ2v) is 6.88. The first kappa shape index (κ1) is 21.2. The summed E-state index contributed by atoms with van der Waals surface area (Å²) in [6, 6.07) is 10.7. The van der Waals surface area contributed by atoms with Crippen molar-refractivity contribution in [2.75, 3.05) is 13.4 Å². The number of hydrogen-bond donors (Lipinski definition) is 1. The zero-order valence-electron chi connectivity index (χ0n) is 16.8. The van der Waals surface area contributed by atoms with Crippen LogP contribution in [0.15, 0.2) is 50.9 Å². The number of rotatable bonds is 5. The van der Waals surface area contributed by atoms with E-state index in [1.807, 2.05) is 19.1 Å². The van der Waals surface area contributed by atoms with Crippen LogP contribution in [0.2, 0.25) is 0 Å². The number of thioether (sulfide) groups is 1. The summed E-state index contributed by atoms with van der Waals surface area (Å²) >= 11 is 1.19. The van der Waals surface area contributed by atoms with Crippen molar-refractivity contribution in [1.82, 2.24) is 15.1 Å². The van der Waals surface area contributed by atoms with Crippen LogP contribution in [-0.2, 0) is 0 Å². The molecule has 1 amide bonds. The summed E-state index contributed by atoms with van der Waals surface area (Å²) in [7, 11) is 1.52. The summed E-state index contributed by atoms with van der Waals surface area (Å²) in [6.45, 7) is 3.54. The van der Waals surface area contributed by atoms with Crippen LogP contribution < -0.4 is 4.74 Å². The molecule has 0 radical (unpaired) electrons. The first-order valence-electron chi connectivity index (χ1n) is 8.78. The number of amides is 1. The summed E-state index contributed by atoms with van der Waals surface area (Å²) in [5, 5.41) is 13.3. The third-order valence-corrected chi connectivity index (χ3v) is 4.57. The van der Waals surface area contributed by atoms with Crippen LogP contribution in [-0.4, -0.2) is 50.4 Å². The van der Waals surface area contributed by atoms with Crippen molar-refractivity contribution in [3.8, 4) is 17.3 Å². The van der Waals surface area contributed by atoms with Gasteiger partial charge in [-0.05, 0) is 43.5 Å². The molecule has 3 aromatic rings. The van der Waals surface area contributed by atoms with Crippen molar-refractivity contribution in [2.45, 2.75) is 13.8 Å². The van der Waals surface area contributed by atoms with E-state index in [2.05, 4.69) is 25.1 Å². The maximum atomic E-state index is 11.2. The minimum Gasteiger partial charge on any atom is -0.481 e. The molecule has 154 valence electrons. The Morgan fingerprint density at radius 2 is 1.90 bits per heavy atom. The maximum Gasteiger partial charge on any atom is 0.432 e. The van der Waals surface area contributed by atoms with Gasteiger partial charge in [0.25, 0.3) is 0 Å². The zero-order valence-corrected chi connectivity index (χ0v) is 17.6. The maximum absolute atomic E-state index is 11.2. The fourth-order valence-electron chi connectivity index (χ4n) is 2.63. The smallest absolute Gasteiger partial charge is 0.432 e. The lowest BCUT2D eigenvalue weighted by atomic mass is 10.1. The molecule has 2 heterocycles. The predicted octanol–water partition coefficient (Wildman–Crippen LogP) is 4.32. The lowest BCUT2D eigenvalue weighted by Crippen LogP contribution is -2.14. The number of nitrogens with zero attached hydrogens (tertiary/aromatic N) is 5. The number of benzene rings is 1. The second-order valence-electron chi connectivity index (χ2n) is 6.09. The SMILES string of the molecule is COc1cc(C(=Nc2ccc(-c3noc(C)n3)cc2)C(=NC(=O)O)SC)cc(C)n1. The normalized spacial score (nSPS) is 12.1. The lowest BCUT2D eigenvalue weighted by molar-refractivity contribution is 0.206. The molecule has 0 saturated carbocycles. The van der Waals surface area contributed by atoms with Gasteiger partial charge >= 0.3 is 6.09 Å². The standard InChI is InChI=1S/C20H19N5O4S/c1-11-9-14(10-16(21-11)28-3)17(19(30-4)24-20(26)27)23-15-7-5-13(6-8-15)18-22-12(2)29-25-18/h5-10H,1-4H3,(H,26,27). The molecule has 1 aromatic carbocycles. The third-order valence-electron chi connectivity index (χ3n) is 3.90. The van der Waals surface area contributed by atoms with Crippen molar-refractivity contribution in [1.29, 1.82) is 0 Å². The fourth-order valence-corrected chi connectivity index (χ4v) is 3.15. The Hall–Kier alpha value is -3.53. The minimum absolute atomic E-state index is 0.257. The highest BCUT2D eigenvalue weighted by molar-refractivity contribution is 8.15. The highest BCUT2D eigenvalue weighted by Crippen LogP contribution is 2.23. The van der Waals surface area contributed by atoms with Gasteiger partial charge in [-0.25, -0.2) is 14.8 Å². The molecule has 9 nitrogen and oxygen atoms in total. The van der Waals surface area contributed by atoms with E-state index in [0.717, 1.165) is 5.56 Å². The quantitative estimate of drug-likeness (QED) is 0.474. The van der Waals surface area contributed by atoms with Crippen molar-refractivity contribution >= 4 is 34.3 Å². The molecule has 1 N–H and O–H groups in total. The number of aliphatic imine (C=N–C) groups is 2. The number of carbonyl (C=O) groups is 1. The Morgan fingerprint density at radius 3 is 2.47 bits per heavy atom. The van der Waals surface area contributed by atoms with Gasteiger partial charge in [0, 0.05) is 29.8 Å². The van der Waals surface area contributed by atoms with Crippen LogP contribution >= 0.6 is 11.8 Å². The molecule has 3 rings (SSSR count). The Balaban J connectivity index is 2.08. The molecule has 0 fully saturated rings. The molecular formula is C20H19N5O4S. The van der Waals surface area contributed by atoms with Crippen molar-refractivity contribution in [2.24, 2.45) is 9.98 Å². The van der Waals surface area contributed by atoms with Crippen LogP contribution in [0.5, 0.6) is 5.88 Å². The minimum atomic E-state index is -1.30. The Kier molecular flexibility index (Phi) is 6.58. The van der Waals surface area contributed by atoms with Crippen LogP contribution in [0, 0.1) is 13.8 Å². The van der Waals surface area contributed by atoms with E-state index in [-0.39, 0.29) is 5.04 Å². The van der Waals surface area contributed by atoms with E-state index in [1.54, 1.807) is 37.4 Å². The van der Waals surface area contributed by atoms with Gasteiger partial charge in [-0.3, -0.25) is 0 Å². The number of hydrogen-bond acceptors (Lipinski definition) is 8. The zero-order chi connectivity index (χ0) is 21.7. The summed E-state index contributed by atoms with van der Waals surface area (Å²) in [4.78, 5) is 28.1. The molecule has 0 bridgehead atoms. The number of pyridine rings is 1. The van der Waals surface area contributed by atoms with Crippen LogP contribution in [0.3, 0.4) is 0 Å². The monoisotopic (exact) mass is 425 g/mol. The Morgan fingerprint density at radius 1 is 1.17 bits per heavy atom. The lowest BCUT2D eigenvalue weighted by Gasteiger charge is -2.10. The molecular weight excluding hydrogens is 406 g/mol. The summed E-state index contributed by atoms with van der Waals surface area (Å²) < 4.78 is 10.3. The summed E-state index contributed by atoms with van der Waals surface area (Å²) in [5.74, 6) is 1.36.